The third-order valence-electron chi connectivity index (χ3n) is 3.45. The third kappa shape index (κ3) is 5.83. The van der Waals surface area contributed by atoms with E-state index in [2.05, 4.69) is 36.1 Å². The molecule has 0 radical (unpaired) electrons. The number of unbranched alkanes of at least 4 members (excludes halogenated alkanes) is 1. The van der Waals surface area contributed by atoms with Crippen molar-refractivity contribution in [2.24, 2.45) is 5.92 Å². The van der Waals surface area contributed by atoms with Gasteiger partial charge in [0, 0.05) is 13.1 Å². The number of hydrogen-bond acceptors (Lipinski definition) is 3. The van der Waals surface area contributed by atoms with E-state index in [0.29, 0.717) is 0 Å². The molecule has 0 amide bonds. The second-order valence-electron chi connectivity index (χ2n) is 5.24. The lowest BCUT2D eigenvalue weighted by molar-refractivity contribution is 0.269. The van der Waals surface area contributed by atoms with Gasteiger partial charge < -0.3 is 15.1 Å². The second kappa shape index (κ2) is 8.04. The molecule has 96 valence electrons. The van der Waals surface area contributed by atoms with Crippen LogP contribution in [0.15, 0.2) is 0 Å². The summed E-state index contributed by atoms with van der Waals surface area (Å²) < 4.78 is 0. The molecule has 3 heteroatoms. The van der Waals surface area contributed by atoms with E-state index in [1.807, 2.05) is 0 Å². The lowest BCUT2D eigenvalue weighted by Crippen LogP contribution is -2.28. The molecule has 16 heavy (non-hydrogen) atoms. The van der Waals surface area contributed by atoms with E-state index < -0.39 is 0 Å². The minimum absolute atomic E-state index is 0.906. The van der Waals surface area contributed by atoms with Gasteiger partial charge in [0.25, 0.3) is 0 Å². The summed E-state index contributed by atoms with van der Waals surface area (Å²) in [5.41, 5.74) is 0. The molecule has 0 aromatic carbocycles. The van der Waals surface area contributed by atoms with Crippen LogP contribution in [0, 0.1) is 5.92 Å². The molecule has 0 saturated carbocycles. The van der Waals surface area contributed by atoms with Crippen LogP contribution in [0.4, 0.5) is 0 Å². The number of nitrogens with one attached hydrogen (secondary N) is 1. The van der Waals surface area contributed by atoms with Crippen molar-refractivity contribution in [2.75, 3.05) is 53.4 Å². The van der Waals surface area contributed by atoms with Crippen LogP contribution < -0.4 is 5.32 Å². The van der Waals surface area contributed by atoms with Crippen LogP contribution in [0.3, 0.4) is 0 Å². The van der Waals surface area contributed by atoms with Crippen LogP contribution in [-0.2, 0) is 0 Å². The average Bonchev–Trinajstić information content (AvgIpc) is 2.63. The highest BCUT2D eigenvalue weighted by atomic mass is 15.1. The minimum Gasteiger partial charge on any atom is -0.317 e. The molecule has 1 atom stereocenters. The zero-order valence-electron chi connectivity index (χ0n) is 11.3. The topological polar surface area (TPSA) is 18.5 Å². The zero-order chi connectivity index (χ0) is 11.8. The van der Waals surface area contributed by atoms with Crippen LogP contribution in [0.5, 0.6) is 0 Å². The van der Waals surface area contributed by atoms with Crippen molar-refractivity contribution in [3.63, 3.8) is 0 Å². The van der Waals surface area contributed by atoms with E-state index in [1.165, 1.54) is 52.0 Å². The highest BCUT2D eigenvalue weighted by Crippen LogP contribution is 2.15. The molecule has 0 aromatic heterocycles. The van der Waals surface area contributed by atoms with E-state index in [9.17, 15) is 0 Å². The molecule has 3 nitrogen and oxygen atoms in total. The SMILES string of the molecule is CCNCCCCN(C)CC1CCN(C)C1. The van der Waals surface area contributed by atoms with Crippen molar-refractivity contribution in [1.29, 1.82) is 0 Å². The van der Waals surface area contributed by atoms with Crippen molar-refractivity contribution in [3.05, 3.63) is 0 Å². The number of likely N-dealkylation sites (tertiary alicyclic amines) is 1. The van der Waals surface area contributed by atoms with Gasteiger partial charge in [0.15, 0.2) is 0 Å². The van der Waals surface area contributed by atoms with E-state index >= 15 is 0 Å². The number of nitrogens with zero attached hydrogens (tertiary/aromatic N) is 2. The lowest BCUT2D eigenvalue weighted by Gasteiger charge is -2.20. The summed E-state index contributed by atoms with van der Waals surface area (Å²) in [7, 11) is 4.50. The van der Waals surface area contributed by atoms with Crippen molar-refractivity contribution < 1.29 is 0 Å². The molecule has 1 fully saturated rings. The van der Waals surface area contributed by atoms with Gasteiger partial charge in [-0.2, -0.15) is 0 Å². The Morgan fingerprint density at radius 3 is 2.81 bits per heavy atom. The van der Waals surface area contributed by atoms with E-state index in [1.54, 1.807) is 0 Å². The van der Waals surface area contributed by atoms with Crippen LogP contribution in [0.2, 0.25) is 0 Å². The molecule has 0 bridgehead atoms. The summed E-state index contributed by atoms with van der Waals surface area (Å²) in [6.45, 7) is 9.57. The molecular formula is C13H29N3. The Morgan fingerprint density at radius 2 is 2.19 bits per heavy atom. The first-order chi connectivity index (χ1) is 7.72. The van der Waals surface area contributed by atoms with Gasteiger partial charge in [0.05, 0.1) is 0 Å². The predicted molar refractivity (Wildman–Crippen MR) is 70.9 cm³/mol. The van der Waals surface area contributed by atoms with Gasteiger partial charge in [-0.15, -0.1) is 0 Å². The average molecular weight is 227 g/mol. The summed E-state index contributed by atoms with van der Waals surface area (Å²) >= 11 is 0. The monoisotopic (exact) mass is 227 g/mol. The summed E-state index contributed by atoms with van der Waals surface area (Å²) in [4.78, 5) is 4.96. The smallest absolute Gasteiger partial charge is 0.00193 e. The van der Waals surface area contributed by atoms with Crippen LogP contribution >= 0.6 is 0 Å². The van der Waals surface area contributed by atoms with Crippen molar-refractivity contribution in [3.8, 4) is 0 Å². The molecular weight excluding hydrogens is 198 g/mol. The Kier molecular flexibility index (Phi) is 7.01. The fourth-order valence-corrected chi connectivity index (χ4v) is 2.52. The maximum absolute atomic E-state index is 3.38. The molecule has 1 heterocycles. The molecule has 1 N–H and O–H groups in total. The van der Waals surface area contributed by atoms with Gasteiger partial charge in [-0.1, -0.05) is 6.92 Å². The van der Waals surface area contributed by atoms with Gasteiger partial charge in [-0.25, -0.2) is 0 Å². The Balaban J connectivity index is 1.96. The van der Waals surface area contributed by atoms with Gasteiger partial charge in [0.2, 0.25) is 0 Å². The van der Waals surface area contributed by atoms with E-state index in [-0.39, 0.29) is 0 Å². The normalized spacial score (nSPS) is 22.1. The molecule has 1 aliphatic rings. The first kappa shape index (κ1) is 13.9. The molecule has 0 aliphatic carbocycles. The molecule has 0 spiro atoms. The standard InChI is InChI=1S/C13H29N3/c1-4-14-8-5-6-9-15(2)11-13-7-10-16(3)12-13/h13-14H,4-12H2,1-3H3. The van der Waals surface area contributed by atoms with Crippen LogP contribution in [0.1, 0.15) is 26.2 Å². The Hall–Kier alpha value is -0.120. The maximum atomic E-state index is 3.38. The van der Waals surface area contributed by atoms with Crippen molar-refractivity contribution in [1.82, 2.24) is 15.1 Å². The highest BCUT2D eigenvalue weighted by molar-refractivity contribution is 4.75. The quantitative estimate of drug-likeness (QED) is 0.630. The number of rotatable bonds is 8. The molecule has 1 rings (SSSR count). The minimum atomic E-state index is 0.906. The van der Waals surface area contributed by atoms with E-state index in [4.69, 9.17) is 0 Å². The fourth-order valence-electron chi connectivity index (χ4n) is 2.52. The Morgan fingerprint density at radius 1 is 1.38 bits per heavy atom. The first-order valence-corrected chi connectivity index (χ1v) is 6.80. The molecule has 1 aliphatic heterocycles. The van der Waals surface area contributed by atoms with Crippen molar-refractivity contribution in [2.45, 2.75) is 26.2 Å². The lowest BCUT2D eigenvalue weighted by atomic mass is 10.1. The van der Waals surface area contributed by atoms with Gasteiger partial charge in [-0.3, -0.25) is 0 Å². The van der Waals surface area contributed by atoms with Crippen LogP contribution in [0.25, 0.3) is 0 Å². The van der Waals surface area contributed by atoms with E-state index in [0.717, 1.165) is 12.5 Å². The predicted octanol–water partition coefficient (Wildman–Crippen LogP) is 1.26. The molecule has 1 unspecified atom stereocenters. The van der Waals surface area contributed by atoms with Gasteiger partial charge in [0.1, 0.15) is 0 Å². The first-order valence-electron chi connectivity index (χ1n) is 6.80. The zero-order valence-corrected chi connectivity index (χ0v) is 11.3. The summed E-state index contributed by atoms with van der Waals surface area (Å²) in [6.07, 6.45) is 4.02. The van der Waals surface area contributed by atoms with Crippen LogP contribution in [-0.4, -0.2) is 63.2 Å². The molecule has 1 saturated heterocycles. The second-order valence-corrected chi connectivity index (χ2v) is 5.24. The molecule has 0 aromatic rings. The summed E-state index contributed by atoms with van der Waals surface area (Å²) in [5.74, 6) is 0.906. The Labute approximate surface area is 101 Å². The highest BCUT2D eigenvalue weighted by Gasteiger charge is 2.20. The fraction of sp³-hybridized carbons (Fsp3) is 1.00. The Bertz CT molecular complexity index is 173. The number of hydrogen-bond donors (Lipinski definition) is 1. The largest absolute Gasteiger partial charge is 0.317 e. The van der Waals surface area contributed by atoms with Gasteiger partial charge >= 0.3 is 0 Å². The maximum Gasteiger partial charge on any atom is 0.00193 e. The van der Waals surface area contributed by atoms with Gasteiger partial charge in [-0.05, 0) is 65.5 Å². The summed E-state index contributed by atoms with van der Waals surface area (Å²) in [5, 5.41) is 3.38. The third-order valence-corrected chi connectivity index (χ3v) is 3.45. The van der Waals surface area contributed by atoms with Crippen molar-refractivity contribution >= 4 is 0 Å². The summed E-state index contributed by atoms with van der Waals surface area (Å²) in [6, 6.07) is 0.